The fraction of sp³-hybridized carbons (Fsp3) is 1.00. The quantitative estimate of drug-likeness (QED) is 0.357. The van der Waals surface area contributed by atoms with Crippen molar-refractivity contribution in [2.24, 2.45) is 0 Å². The lowest BCUT2D eigenvalue weighted by atomic mass is 10.2. The number of β-amino-alcohol motifs (C(OH)–C–C–N with tert-alkyl or cyclic N) is 2. The molecule has 0 radical (unpaired) electrons. The molecule has 1 aliphatic heterocycles. The lowest BCUT2D eigenvalue weighted by molar-refractivity contribution is 0.0320. The van der Waals surface area contributed by atoms with Gasteiger partial charge in [0.2, 0.25) is 0 Å². The van der Waals surface area contributed by atoms with E-state index in [9.17, 15) is 10.2 Å². The van der Waals surface area contributed by atoms with Gasteiger partial charge in [0, 0.05) is 78.5 Å². The smallest absolute Gasteiger partial charge is 0.0793 e. The highest BCUT2D eigenvalue weighted by atomic mass is 16.3. The van der Waals surface area contributed by atoms with Gasteiger partial charge in [0.15, 0.2) is 0 Å². The molecule has 168 valence electrons. The third-order valence-corrected chi connectivity index (χ3v) is 5.31. The van der Waals surface area contributed by atoms with Crippen molar-refractivity contribution in [1.29, 1.82) is 0 Å². The molecule has 2 N–H and O–H groups in total. The van der Waals surface area contributed by atoms with Gasteiger partial charge in [0.05, 0.1) is 12.2 Å². The van der Waals surface area contributed by atoms with Gasteiger partial charge in [-0.05, 0) is 42.3 Å². The molecule has 1 aliphatic rings. The van der Waals surface area contributed by atoms with Crippen LogP contribution in [0.4, 0.5) is 0 Å². The van der Waals surface area contributed by atoms with E-state index in [1.807, 2.05) is 0 Å². The van der Waals surface area contributed by atoms with Crippen molar-refractivity contribution >= 4 is 0 Å². The van der Waals surface area contributed by atoms with Crippen LogP contribution >= 0.6 is 0 Å². The monoisotopic (exact) mass is 402 g/mol. The number of piperazine rings is 1. The number of rotatable bonds is 14. The second kappa shape index (κ2) is 13.8. The molecule has 0 amide bonds. The zero-order chi connectivity index (χ0) is 21.1. The van der Waals surface area contributed by atoms with Crippen LogP contribution in [0.2, 0.25) is 0 Å². The van der Waals surface area contributed by atoms with Crippen LogP contribution in [0.3, 0.4) is 0 Å². The maximum Gasteiger partial charge on any atom is 0.0793 e. The number of nitrogens with zero attached hydrogens (tertiary/aromatic N) is 6. The Bertz CT molecular complexity index is 355. The van der Waals surface area contributed by atoms with Gasteiger partial charge >= 0.3 is 0 Å². The molecule has 8 heteroatoms. The summed E-state index contributed by atoms with van der Waals surface area (Å²) >= 11 is 0. The molecule has 0 aromatic carbocycles. The van der Waals surface area contributed by atoms with Crippen molar-refractivity contribution in [2.75, 3.05) is 121 Å². The lowest BCUT2D eigenvalue weighted by Crippen LogP contribution is -2.52. The largest absolute Gasteiger partial charge is 0.390 e. The average molecular weight is 403 g/mol. The van der Waals surface area contributed by atoms with Crippen LogP contribution < -0.4 is 0 Å². The van der Waals surface area contributed by atoms with Crippen LogP contribution in [-0.4, -0.2) is 173 Å². The molecule has 0 spiro atoms. The molecule has 2 unspecified atom stereocenters. The zero-order valence-corrected chi connectivity index (χ0v) is 19.2. The minimum Gasteiger partial charge on any atom is -0.390 e. The van der Waals surface area contributed by atoms with Crippen molar-refractivity contribution in [3.8, 4) is 0 Å². The van der Waals surface area contributed by atoms with E-state index in [1.165, 1.54) is 0 Å². The van der Waals surface area contributed by atoms with Crippen molar-refractivity contribution in [2.45, 2.75) is 12.2 Å². The molecule has 0 bridgehead atoms. The van der Waals surface area contributed by atoms with E-state index in [0.717, 1.165) is 65.4 Å². The first-order valence-corrected chi connectivity index (χ1v) is 10.6. The van der Waals surface area contributed by atoms with Gasteiger partial charge in [-0.25, -0.2) is 0 Å². The first kappa shape index (κ1) is 25.7. The van der Waals surface area contributed by atoms with Crippen LogP contribution in [0.1, 0.15) is 0 Å². The van der Waals surface area contributed by atoms with E-state index in [-0.39, 0.29) is 12.2 Å². The summed E-state index contributed by atoms with van der Waals surface area (Å²) in [5.41, 5.74) is 0. The van der Waals surface area contributed by atoms with Gasteiger partial charge in [-0.15, -0.1) is 0 Å². The Morgan fingerprint density at radius 2 is 0.929 bits per heavy atom. The van der Waals surface area contributed by atoms with Gasteiger partial charge in [0.1, 0.15) is 0 Å². The molecular formula is C20H46N6O2. The molecule has 28 heavy (non-hydrogen) atoms. The highest BCUT2D eigenvalue weighted by molar-refractivity contribution is 4.78. The van der Waals surface area contributed by atoms with Crippen LogP contribution in [0.25, 0.3) is 0 Å². The van der Waals surface area contributed by atoms with Crippen LogP contribution in [-0.2, 0) is 0 Å². The summed E-state index contributed by atoms with van der Waals surface area (Å²) in [4.78, 5) is 13.4. The molecule has 0 saturated carbocycles. The van der Waals surface area contributed by atoms with E-state index < -0.39 is 0 Å². The number of likely N-dealkylation sites (N-methyl/N-ethyl adjacent to an activating group) is 4. The minimum atomic E-state index is -0.311. The van der Waals surface area contributed by atoms with E-state index >= 15 is 0 Å². The average Bonchev–Trinajstić information content (AvgIpc) is 2.59. The van der Waals surface area contributed by atoms with Crippen molar-refractivity contribution < 1.29 is 10.2 Å². The molecule has 1 heterocycles. The Balaban J connectivity index is 2.18. The van der Waals surface area contributed by atoms with Crippen molar-refractivity contribution in [3.05, 3.63) is 0 Å². The summed E-state index contributed by atoms with van der Waals surface area (Å²) in [6.07, 6.45) is -0.621. The van der Waals surface area contributed by atoms with Gasteiger partial charge in [-0.1, -0.05) is 0 Å². The minimum absolute atomic E-state index is 0.311. The van der Waals surface area contributed by atoms with E-state index in [2.05, 4.69) is 71.7 Å². The molecule has 0 aromatic rings. The van der Waals surface area contributed by atoms with E-state index in [0.29, 0.717) is 13.1 Å². The molecule has 1 rings (SSSR count). The number of hydrogen-bond donors (Lipinski definition) is 2. The molecule has 1 fully saturated rings. The summed E-state index contributed by atoms with van der Waals surface area (Å²) in [6, 6.07) is 0. The van der Waals surface area contributed by atoms with Crippen molar-refractivity contribution in [1.82, 2.24) is 29.4 Å². The van der Waals surface area contributed by atoms with Gasteiger partial charge in [-0.2, -0.15) is 0 Å². The molecular weight excluding hydrogens is 356 g/mol. The summed E-state index contributed by atoms with van der Waals surface area (Å²) in [6.45, 7) is 10.7. The highest BCUT2D eigenvalue weighted by Crippen LogP contribution is 2.05. The number of aliphatic hydroxyl groups excluding tert-OH is 2. The SMILES string of the molecule is CN(C)CCN(C)CC(O)CN1CCN(CC(O)CN(C)CCN(C)C)CC1. The second-order valence-electron chi connectivity index (χ2n) is 9.04. The Kier molecular flexibility index (Phi) is 12.7. The Morgan fingerprint density at radius 3 is 1.21 bits per heavy atom. The molecule has 1 saturated heterocycles. The maximum atomic E-state index is 10.4. The summed E-state index contributed by atoms with van der Waals surface area (Å²) in [5, 5.41) is 20.8. The van der Waals surface area contributed by atoms with E-state index in [4.69, 9.17) is 0 Å². The Labute approximate surface area is 173 Å². The van der Waals surface area contributed by atoms with Crippen LogP contribution in [0, 0.1) is 0 Å². The standard InChI is InChI=1S/C20H46N6O2/c1-21(2)7-9-23(5)15-19(27)17-25-11-13-26(14-12-25)18-20(28)16-24(6)10-8-22(3)4/h19-20,27-28H,7-18H2,1-6H3. The van der Waals surface area contributed by atoms with Gasteiger partial charge in [-0.3, -0.25) is 9.80 Å². The van der Waals surface area contributed by atoms with Gasteiger partial charge in [0.25, 0.3) is 0 Å². The third-order valence-electron chi connectivity index (χ3n) is 5.31. The topological polar surface area (TPSA) is 59.9 Å². The fourth-order valence-corrected chi connectivity index (χ4v) is 3.51. The number of hydrogen-bond acceptors (Lipinski definition) is 8. The third kappa shape index (κ3) is 12.3. The summed E-state index contributed by atoms with van der Waals surface area (Å²) in [7, 11) is 12.4. The number of aliphatic hydroxyl groups is 2. The maximum absolute atomic E-state index is 10.4. The van der Waals surface area contributed by atoms with Gasteiger partial charge < -0.3 is 29.8 Å². The zero-order valence-electron chi connectivity index (χ0n) is 19.2. The van der Waals surface area contributed by atoms with Crippen LogP contribution in [0.5, 0.6) is 0 Å². The summed E-state index contributed by atoms with van der Waals surface area (Å²) in [5.74, 6) is 0. The van der Waals surface area contributed by atoms with E-state index in [1.54, 1.807) is 0 Å². The predicted octanol–water partition coefficient (Wildman–Crippen LogP) is -1.69. The Morgan fingerprint density at radius 1 is 0.607 bits per heavy atom. The fourth-order valence-electron chi connectivity index (χ4n) is 3.51. The molecule has 8 nitrogen and oxygen atoms in total. The highest BCUT2D eigenvalue weighted by Gasteiger charge is 2.22. The molecule has 2 atom stereocenters. The summed E-state index contributed by atoms with van der Waals surface area (Å²) < 4.78 is 0. The van der Waals surface area contributed by atoms with Crippen molar-refractivity contribution in [3.63, 3.8) is 0 Å². The Hall–Kier alpha value is -0.320. The predicted molar refractivity (Wildman–Crippen MR) is 117 cm³/mol. The molecule has 0 aliphatic carbocycles. The first-order valence-electron chi connectivity index (χ1n) is 10.6. The molecule has 0 aromatic heterocycles. The normalized spacial score (nSPS) is 19.3. The second-order valence-corrected chi connectivity index (χ2v) is 9.04. The van der Waals surface area contributed by atoms with Crippen LogP contribution in [0.15, 0.2) is 0 Å². The lowest BCUT2D eigenvalue weighted by Gasteiger charge is -2.37. The first-order chi connectivity index (χ1) is 13.2.